The molecule has 0 aliphatic carbocycles. The van der Waals surface area contributed by atoms with E-state index in [0.29, 0.717) is 51.5 Å². The number of anilines is 1. The van der Waals surface area contributed by atoms with Gasteiger partial charge in [-0.25, -0.2) is 4.68 Å². The molecule has 152 valence electrons. The second-order valence-electron chi connectivity index (χ2n) is 6.86. The van der Waals surface area contributed by atoms with E-state index in [1.165, 1.54) is 0 Å². The summed E-state index contributed by atoms with van der Waals surface area (Å²) in [6, 6.07) is 13.4. The predicted molar refractivity (Wildman–Crippen MR) is 118 cm³/mol. The van der Waals surface area contributed by atoms with Crippen molar-refractivity contribution in [3.63, 3.8) is 0 Å². The molecular formula is C22H23Cl2N3O2. The van der Waals surface area contributed by atoms with E-state index in [9.17, 15) is 4.79 Å². The SMILES string of the molecule is Cc1nn(C)c(OCCN(C)c2ccccc2)c1C(=O)c1ccc(Cl)c(C)c1Cl. The minimum atomic E-state index is -0.230. The second kappa shape index (κ2) is 8.89. The molecule has 0 N–H and O–H groups in total. The molecule has 2 aromatic carbocycles. The molecule has 0 spiro atoms. The maximum Gasteiger partial charge on any atom is 0.223 e. The molecule has 0 radical (unpaired) electrons. The highest BCUT2D eigenvalue weighted by Crippen LogP contribution is 2.32. The van der Waals surface area contributed by atoms with Gasteiger partial charge in [-0.15, -0.1) is 0 Å². The van der Waals surface area contributed by atoms with Gasteiger partial charge in [-0.2, -0.15) is 5.10 Å². The first-order valence-electron chi connectivity index (χ1n) is 9.23. The average Bonchev–Trinajstić information content (AvgIpc) is 2.99. The first-order chi connectivity index (χ1) is 13.8. The minimum absolute atomic E-state index is 0.230. The molecule has 3 rings (SSSR count). The largest absolute Gasteiger partial charge is 0.475 e. The van der Waals surface area contributed by atoms with Crippen LogP contribution in [-0.2, 0) is 7.05 Å². The van der Waals surface area contributed by atoms with E-state index in [1.54, 1.807) is 37.7 Å². The molecular weight excluding hydrogens is 409 g/mol. The molecule has 0 atom stereocenters. The Labute approximate surface area is 180 Å². The number of carbonyl (C=O) groups is 1. The first kappa shape index (κ1) is 21.2. The fourth-order valence-corrected chi connectivity index (χ4v) is 3.58. The quantitative estimate of drug-likeness (QED) is 0.488. The molecule has 0 bridgehead atoms. The number of likely N-dealkylation sites (N-methyl/N-ethyl adjacent to an activating group) is 1. The van der Waals surface area contributed by atoms with Gasteiger partial charge in [-0.3, -0.25) is 4.79 Å². The minimum Gasteiger partial charge on any atom is -0.475 e. The predicted octanol–water partition coefficient (Wildman–Crippen LogP) is 5.09. The second-order valence-corrected chi connectivity index (χ2v) is 7.64. The number of ketones is 1. The molecule has 1 heterocycles. The Morgan fingerprint density at radius 3 is 2.52 bits per heavy atom. The van der Waals surface area contributed by atoms with Crippen molar-refractivity contribution in [3.05, 3.63) is 74.9 Å². The number of ether oxygens (including phenoxy) is 1. The molecule has 5 nitrogen and oxygen atoms in total. The standard InChI is InChI=1S/C22H23Cl2N3O2/c1-14-18(23)11-10-17(20(14)24)21(28)19-15(2)25-27(4)22(19)29-13-12-26(3)16-8-6-5-7-9-16/h5-11H,12-13H2,1-4H3. The highest BCUT2D eigenvalue weighted by atomic mass is 35.5. The van der Waals surface area contributed by atoms with E-state index < -0.39 is 0 Å². The van der Waals surface area contributed by atoms with Crippen LogP contribution < -0.4 is 9.64 Å². The number of halogens is 2. The molecule has 0 fully saturated rings. The van der Waals surface area contributed by atoms with Gasteiger partial charge in [-0.1, -0.05) is 41.4 Å². The summed E-state index contributed by atoms with van der Waals surface area (Å²) in [4.78, 5) is 15.3. The number of benzene rings is 2. The van der Waals surface area contributed by atoms with Gasteiger partial charge < -0.3 is 9.64 Å². The highest BCUT2D eigenvalue weighted by molar-refractivity contribution is 6.38. The zero-order valence-electron chi connectivity index (χ0n) is 16.9. The van der Waals surface area contributed by atoms with Crippen molar-refractivity contribution in [2.45, 2.75) is 13.8 Å². The topological polar surface area (TPSA) is 47.4 Å². The van der Waals surface area contributed by atoms with Crippen LogP contribution in [0.4, 0.5) is 5.69 Å². The summed E-state index contributed by atoms with van der Waals surface area (Å²) < 4.78 is 7.57. The van der Waals surface area contributed by atoms with Crippen molar-refractivity contribution in [2.75, 3.05) is 25.1 Å². The monoisotopic (exact) mass is 431 g/mol. The number of aryl methyl sites for hydroxylation is 2. The lowest BCUT2D eigenvalue weighted by atomic mass is 10.0. The summed E-state index contributed by atoms with van der Waals surface area (Å²) in [7, 11) is 3.75. The lowest BCUT2D eigenvalue weighted by Gasteiger charge is -2.19. The third kappa shape index (κ3) is 4.41. The average molecular weight is 432 g/mol. The molecule has 0 aliphatic rings. The number of nitrogens with zero attached hydrogens (tertiary/aromatic N) is 3. The summed E-state index contributed by atoms with van der Waals surface area (Å²) in [5, 5.41) is 5.24. The number of para-hydroxylation sites is 1. The van der Waals surface area contributed by atoms with Crippen LogP contribution in [0.15, 0.2) is 42.5 Å². The van der Waals surface area contributed by atoms with Crippen LogP contribution in [0.1, 0.15) is 27.2 Å². The van der Waals surface area contributed by atoms with Gasteiger partial charge in [0.1, 0.15) is 12.2 Å². The van der Waals surface area contributed by atoms with Crippen molar-refractivity contribution in [1.82, 2.24) is 9.78 Å². The highest BCUT2D eigenvalue weighted by Gasteiger charge is 2.25. The van der Waals surface area contributed by atoms with E-state index in [2.05, 4.69) is 10.00 Å². The van der Waals surface area contributed by atoms with Gasteiger partial charge in [0.25, 0.3) is 0 Å². The Bertz CT molecular complexity index is 1030. The summed E-state index contributed by atoms with van der Waals surface area (Å²) >= 11 is 12.5. The van der Waals surface area contributed by atoms with Gasteiger partial charge in [-0.05, 0) is 43.7 Å². The van der Waals surface area contributed by atoms with Gasteiger partial charge in [0, 0.05) is 30.4 Å². The Balaban J connectivity index is 1.81. The number of rotatable bonds is 7. The summed E-state index contributed by atoms with van der Waals surface area (Å²) in [5.74, 6) is 0.199. The molecule has 0 saturated carbocycles. The number of aromatic nitrogens is 2. The van der Waals surface area contributed by atoms with E-state index in [4.69, 9.17) is 27.9 Å². The van der Waals surface area contributed by atoms with E-state index in [0.717, 1.165) is 5.69 Å². The van der Waals surface area contributed by atoms with E-state index >= 15 is 0 Å². The summed E-state index contributed by atoms with van der Waals surface area (Å²) in [6.45, 7) is 4.63. The lowest BCUT2D eigenvalue weighted by Crippen LogP contribution is -2.24. The smallest absolute Gasteiger partial charge is 0.223 e. The fourth-order valence-electron chi connectivity index (χ4n) is 3.13. The molecule has 3 aromatic rings. The van der Waals surface area contributed by atoms with Crippen LogP contribution in [0.2, 0.25) is 10.0 Å². The Morgan fingerprint density at radius 2 is 1.83 bits per heavy atom. The summed E-state index contributed by atoms with van der Waals surface area (Å²) in [6.07, 6.45) is 0. The maximum absolute atomic E-state index is 13.2. The molecule has 0 amide bonds. The molecule has 0 unspecified atom stereocenters. The van der Waals surface area contributed by atoms with Crippen LogP contribution in [-0.4, -0.2) is 35.8 Å². The van der Waals surface area contributed by atoms with Gasteiger partial charge in [0.15, 0.2) is 0 Å². The molecule has 0 saturated heterocycles. The van der Waals surface area contributed by atoms with Crippen LogP contribution in [0.25, 0.3) is 0 Å². The lowest BCUT2D eigenvalue weighted by molar-refractivity contribution is 0.103. The van der Waals surface area contributed by atoms with Crippen LogP contribution in [0, 0.1) is 13.8 Å². The third-order valence-corrected chi connectivity index (χ3v) is 5.72. The van der Waals surface area contributed by atoms with Crippen LogP contribution in [0.3, 0.4) is 0 Å². The van der Waals surface area contributed by atoms with Gasteiger partial charge in [0.2, 0.25) is 11.7 Å². The van der Waals surface area contributed by atoms with E-state index in [1.807, 2.05) is 37.4 Å². The third-order valence-electron chi connectivity index (χ3n) is 4.82. The Kier molecular flexibility index (Phi) is 6.50. The molecule has 1 aromatic heterocycles. The number of hydrogen-bond acceptors (Lipinski definition) is 4. The zero-order valence-corrected chi connectivity index (χ0v) is 18.4. The Hall–Kier alpha value is -2.50. The first-order valence-corrected chi connectivity index (χ1v) is 9.98. The van der Waals surface area contributed by atoms with E-state index in [-0.39, 0.29) is 5.78 Å². The molecule has 0 aliphatic heterocycles. The molecule has 7 heteroatoms. The van der Waals surface area contributed by atoms with Crippen molar-refractivity contribution in [2.24, 2.45) is 7.05 Å². The maximum atomic E-state index is 13.2. The summed E-state index contributed by atoms with van der Waals surface area (Å²) in [5.41, 5.74) is 3.16. The fraction of sp³-hybridized carbons (Fsp3) is 0.273. The van der Waals surface area contributed by atoms with Crippen molar-refractivity contribution < 1.29 is 9.53 Å². The van der Waals surface area contributed by atoms with Crippen molar-refractivity contribution >= 4 is 34.7 Å². The van der Waals surface area contributed by atoms with Gasteiger partial charge in [0.05, 0.1) is 17.3 Å². The number of carbonyl (C=O) groups excluding carboxylic acids is 1. The normalized spacial score (nSPS) is 10.8. The van der Waals surface area contributed by atoms with Crippen LogP contribution in [0.5, 0.6) is 5.88 Å². The van der Waals surface area contributed by atoms with Crippen molar-refractivity contribution in [1.29, 1.82) is 0 Å². The van der Waals surface area contributed by atoms with Crippen LogP contribution >= 0.6 is 23.2 Å². The van der Waals surface area contributed by atoms with Gasteiger partial charge >= 0.3 is 0 Å². The molecule has 29 heavy (non-hydrogen) atoms. The number of hydrogen-bond donors (Lipinski definition) is 0. The Morgan fingerprint density at radius 1 is 1.14 bits per heavy atom. The zero-order chi connectivity index (χ0) is 21.1. The van der Waals surface area contributed by atoms with Crippen molar-refractivity contribution in [3.8, 4) is 5.88 Å².